The number of likely N-dealkylation sites (tertiary alicyclic amines) is 1. The number of aryl methyl sites for hydroxylation is 1. The van der Waals surface area contributed by atoms with Crippen molar-refractivity contribution in [1.29, 1.82) is 0 Å². The molecule has 1 saturated heterocycles. The first kappa shape index (κ1) is 14.1. The maximum absolute atomic E-state index is 4.25. The van der Waals surface area contributed by atoms with E-state index >= 15 is 0 Å². The van der Waals surface area contributed by atoms with Gasteiger partial charge in [0.2, 0.25) is 0 Å². The van der Waals surface area contributed by atoms with Gasteiger partial charge in [-0.05, 0) is 54.1 Å². The van der Waals surface area contributed by atoms with Crippen molar-refractivity contribution in [2.24, 2.45) is 7.05 Å². The molecule has 3 heterocycles. The zero-order valence-corrected chi connectivity index (χ0v) is 13.2. The second kappa shape index (κ2) is 5.96. The molecule has 1 fully saturated rings. The molecule has 6 heteroatoms. The number of hydrogen-bond acceptors (Lipinski definition) is 4. The van der Waals surface area contributed by atoms with Crippen LogP contribution < -0.4 is 0 Å². The van der Waals surface area contributed by atoms with Gasteiger partial charge in [-0.3, -0.25) is 4.90 Å². The molecule has 1 atom stereocenters. The Bertz CT molecular complexity index is 775. The number of para-hydroxylation sites is 1. The average Bonchev–Trinajstić information content (AvgIpc) is 3.30. The molecule has 4 rings (SSSR count). The molecule has 2 aromatic heterocycles. The fraction of sp³-hybridized carbons (Fsp3) is 0.353. The minimum Gasteiger partial charge on any atom is -0.353 e. The van der Waals surface area contributed by atoms with Gasteiger partial charge in [-0.15, -0.1) is 5.10 Å². The summed E-state index contributed by atoms with van der Waals surface area (Å²) in [5.74, 6) is 0.886. The summed E-state index contributed by atoms with van der Waals surface area (Å²) in [6.45, 7) is 1.84. The van der Waals surface area contributed by atoms with Gasteiger partial charge in [0.05, 0.1) is 18.3 Å². The lowest BCUT2D eigenvalue weighted by atomic mass is 10.1. The van der Waals surface area contributed by atoms with E-state index in [2.05, 4.69) is 50.4 Å². The zero-order valence-electron chi connectivity index (χ0n) is 13.2. The van der Waals surface area contributed by atoms with Crippen LogP contribution >= 0.6 is 0 Å². The Morgan fingerprint density at radius 2 is 2.00 bits per heavy atom. The van der Waals surface area contributed by atoms with Crippen molar-refractivity contribution in [3.05, 3.63) is 60.2 Å². The first-order valence-corrected chi connectivity index (χ1v) is 8.01. The molecule has 1 aromatic carbocycles. The standard InChI is InChI=1S/C17H20N6/c1-21-11-5-9-15(21)16-10-6-12-22(16)13-17-18-19-20-23(17)14-7-3-2-4-8-14/h2-5,7-9,11,16H,6,10,12-13H2,1H3/t16-/m0/s1. The van der Waals surface area contributed by atoms with E-state index in [1.165, 1.54) is 18.5 Å². The van der Waals surface area contributed by atoms with Crippen LogP contribution in [0.15, 0.2) is 48.7 Å². The van der Waals surface area contributed by atoms with E-state index < -0.39 is 0 Å². The van der Waals surface area contributed by atoms with E-state index in [1.807, 2.05) is 35.0 Å². The number of benzene rings is 1. The van der Waals surface area contributed by atoms with Crippen molar-refractivity contribution in [2.45, 2.75) is 25.4 Å². The smallest absolute Gasteiger partial charge is 0.170 e. The molecule has 0 N–H and O–H groups in total. The van der Waals surface area contributed by atoms with Gasteiger partial charge >= 0.3 is 0 Å². The summed E-state index contributed by atoms with van der Waals surface area (Å²) in [5, 5.41) is 12.3. The summed E-state index contributed by atoms with van der Waals surface area (Å²) < 4.78 is 4.05. The van der Waals surface area contributed by atoms with Crippen LogP contribution in [-0.4, -0.2) is 36.2 Å². The van der Waals surface area contributed by atoms with Crippen LogP contribution in [0, 0.1) is 0 Å². The lowest BCUT2D eigenvalue weighted by Gasteiger charge is -2.24. The summed E-state index contributed by atoms with van der Waals surface area (Å²) in [5.41, 5.74) is 2.36. The van der Waals surface area contributed by atoms with Gasteiger partial charge in [0.15, 0.2) is 5.82 Å². The number of nitrogens with zero attached hydrogens (tertiary/aromatic N) is 6. The van der Waals surface area contributed by atoms with Crippen LogP contribution in [0.1, 0.15) is 30.4 Å². The minimum absolute atomic E-state index is 0.441. The summed E-state index contributed by atoms with van der Waals surface area (Å²) in [6, 6.07) is 14.8. The Morgan fingerprint density at radius 3 is 2.78 bits per heavy atom. The quantitative estimate of drug-likeness (QED) is 0.742. The Balaban J connectivity index is 1.59. The highest BCUT2D eigenvalue weighted by atomic mass is 15.5. The third-order valence-electron chi connectivity index (χ3n) is 4.57. The van der Waals surface area contributed by atoms with Crippen molar-refractivity contribution >= 4 is 0 Å². The fourth-order valence-corrected chi connectivity index (χ4v) is 3.43. The van der Waals surface area contributed by atoms with Crippen molar-refractivity contribution in [3.8, 4) is 5.69 Å². The molecule has 1 aliphatic heterocycles. The van der Waals surface area contributed by atoms with Crippen molar-refractivity contribution in [3.63, 3.8) is 0 Å². The lowest BCUT2D eigenvalue weighted by Crippen LogP contribution is -2.26. The molecule has 3 aromatic rings. The third kappa shape index (κ3) is 2.66. The van der Waals surface area contributed by atoms with Crippen LogP contribution in [-0.2, 0) is 13.6 Å². The predicted molar refractivity (Wildman–Crippen MR) is 87.0 cm³/mol. The Morgan fingerprint density at radius 1 is 1.13 bits per heavy atom. The molecule has 0 radical (unpaired) electrons. The molecule has 0 bridgehead atoms. The fourth-order valence-electron chi connectivity index (χ4n) is 3.43. The normalized spacial score (nSPS) is 18.6. The predicted octanol–water partition coefficient (Wildman–Crippen LogP) is 2.34. The van der Waals surface area contributed by atoms with Crippen molar-refractivity contribution in [2.75, 3.05) is 6.54 Å². The van der Waals surface area contributed by atoms with Crippen LogP contribution in [0.4, 0.5) is 0 Å². The molecular weight excluding hydrogens is 288 g/mol. The molecule has 0 amide bonds. The molecule has 6 nitrogen and oxygen atoms in total. The Labute approximate surface area is 135 Å². The average molecular weight is 308 g/mol. The first-order chi connectivity index (χ1) is 11.3. The summed E-state index contributed by atoms with van der Waals surface area (Å²) in [4.78, 5) is 2.47. The molecule has 0 aliphatic carbocycles. The molecule has 0 spiro atoms. The SMILES string of the molecule is Cn1cccc1[C@@H]1CCCN1Cc1nnnn1-c1ccccc1. The van der Waals surface area contributed by atoms with Gasteiger partial charge in [0, 0.05) is 18.9 Å². The zero-order chi connectivity index (χ0) is 15.6. The van der Waals surface area contributed by atoms with E-state index in [1.54, 1.807) is 0 Å². The van der Waals surface area contributed by atoms with E-state index in [-0.39, 0.29) is 0 Å². The first-order valence-electron chi connectivity index (χ1n) is 8.01. The maximum Gasteiger partial charge on any atom is 0.170 e. The highest BCUT2D eigenvalue weighted by Crippen LogP contribution is 2.32. The molecule has 0 saturated carbocycles. The minimum atomic E-state index is 0.441. The third-order valence-corrected chi connectivity index (χ3v) is 4.57. The van der Waals surface area contributed by atoms with Crippen LogP contribution in [0.25, 0.3) is 5.69 Å². The number of aromatic nitrogens is 5. The monoisotopic (exact) mass is 308 g/mol. The summed E-state index contributed by atoms with van der Waals surface area (Å²) >= 11 is 0. The van der Waals surface area contributed by atoms with Crippen LogP contribution in [0.5, 0.6) is 0 Å². The summed E-state index contributed by atoms with van der Waals surface area (Å²) in [7, 11) is 2.11. The summed E-state index contributed by atoms with van der Waals surface area (Å²) in [6.07, 6.45) is 4.51. The molecular formula is C17H20N6. The van der Waals surface area contributed by atoms with Gasteiger partial charge in [0.1, 0.15) is 0 Å². The van der Waals surface area contributed by atoms with Gasteiger partial charge in [0.25, 0.3) is 0 Å². The topological polar surface area (TPSA) is 51.8 Å². The molecule has 118 valence electrons. The highest BCUT2D eigenvalue weighted by molar-refractivity contribution is 5.30. The number of tetrazole rings is 1. The van der Waals surface area contributed by atoms with E-state index in [0.717, 1.165) is 24.6 Å². The van der Waals surface area contributed by atoms with Gasteiger partial charge in [-0.2, -0.15) is 4.68 Å². The maximum atomic E-state index is 4.25. The van der Waals surface area contributed by atoms with E-state index in [0.29, 0.717) is 6.04 Å². The molecule has 1 aliphatic rings. The second-order valence-corrected chi connectivity index (χ2v) is 6.01. The highest BCUT2D eigenvalue weighted by Gasteiger charge is 2.29. The van der Waals surface area contributed by atoms with Gasteiger partial charge < -0.3 is 4.57 Å². The number of hydrogen-bond donors (Lipinski definition) is 0. The van der Waals surface area contributed by atoms with Gasteiger partial charge in [-0.1, -0.05) is 18.2 Å². The number of rotatable bonds is 4. The second-order valence-electron chi connectivity index (χ2n) is 6.01. The van der Waals surface area contributed by atoms with E-state index in [9.17, 15) is 0 Å². The largest absolute Gasteiger partial charge is 0.353 e. The Kier molecular flexibility index (Phi) is 3.67. The Hall–Kier alpha value is -2.47. The molecule has 23 heavy (non-hydrogen) atoms. The van der Waals surface area contributed by atoms with Crippen LogP contribution in [0.3, 0.4) is 0 Å². The van der Waals surface area contributed by atoms with Gasteiger partial charge in [-0.25, -0.2) is 0 Å². The lowest BCUT2D eigenvalue weighted by molar-refractivity contribution is 0.233. The van der Waals surface area contributed by atoms with Crippen LogP contribution in [0.2, 0.25) is 0 Å². The van der Waals surface area contributed by atoms with Crippen molar-refractivity contribution in [1.82, 2.24) is 29.7 Å². The van der Waals surface area contributed by atoms with Crippen molar-refractivity contribution < 1.29 is 0 Å². The van der Waals surface area contributed by atoms with E-state index in [4.69, 9.17) is 0 Å². The molecule has 0 unspecified atom stereocenters.